The number of ether oxygens (including phenoxy) is 1. The maximum Gasteiger partial charge on any atom is 0.410 e. The molecule has 3 rings (SSSR count). The molecule has 3 N–H and O–H groups in total. The molecular weight excluding hydrogens is 530 g/mol. The van der Waals surface area contributed by atoms with Crippen molar-refractivity contribution in [1.29, 1.82) is 5.26 Å². The Hall–Kier alpha value is -3.69. The normalized spacial score (nSPS) is 14.8. The van der Waals surface area contributed by atoms with Crippen molar-refractivity contribution in [2.24, 2.45) is 5.92 Å². The fourth-order valence-electron chi connectivity index (χ4n) is 4.10. The SMILES string of the molecule is CC(C)C[C@H](NC(=O)c1ccc(Nc2nc(CN3CCN(C(=O)OC(C)(C)C)CC3)cs2)cc1)C(=O)NCC#N. The van der Waals surface area contributed by atoms with Crippen LogP contribution < -0.4 is 16.0 Å². The largest absolute Gasteiger partial charge is 0.444 e. The zero-order valence-corrected chi connectivity index (χ0v) is 24.6. The first-order chi connectivity index (χ1) is 18.9. The molecule has 0 saturated carbocycles. The van der Waals surface area contributed by atoms with Gasteiger partial charge in [-0.3, -0.25) is 14.5 Å². The highest BCUT2D eigenvalue weighted by Gasteiger charge is 2.26. The van der Waals surface area contributed by atoms with Gasteiger partial charge in [0, 0.05) is 49.4 Å². The van der Waals surface area contributed by atoms with Gasteiger partial charge in [-0.25, -0.2) is 9.78 Å². The molecule has 1 aromatic carbocycles. The summed E-state index contributed by atoms with van der Waals surface area (Å²) in [6, 6.07) is 8.12. The third kappa shape index (κ3) is 9.81. The molecule has 0 bridgehead atoms. The van der Waals surface area contributed by atoms with Crippen LogP contribution in [0.1, 0.15) is 57.1 Å². The van der Waals surface area contributed by atoms with Crippen LogP contribution in [0.4, 0.5) is 15.6 Å². The molecule has 1 saturated heterocycles. The third-order valence-electron chi connectivity index (χ3n) is 6.03. The van der Waals surface area contributed by atoms with Gasteiger partial charge in [0.1, 0.15) is 18.2 Å². The quantitative estimate of drug-likeness (QED) is 0.368. The Morgan fingerprint density at radius 2 is 1.80 bits per heavy atom. The van der Waals surface area contributed by atoms with E-state index in [0.717, 1.165) is 29.6 Å². The Morgan fingerprint density at radius 3 is 2.40 bits per heavy atom. The first-order valence-corrected chi connectivity index (χ1v) is 14.3. The van der Waals surface area contributed by atoms with E-state index >= 15 is 0 Å². The average Bonchev–Trinajstić information content (AvgIpc) is 3.32. The highest BCUT2D eigenvalue weighted by Crippen LogP contribution is 2.23. The number of benzene rings is 1. The van der Waals surface area contributed by atoms with Gasteiger partial charge < -0.3 is 25.6 Å². The van der Waals surface area contributed by atoms with E-state index in [0.29, 0.717) is 31.6 Å². The van der Waals surface area contributed by atoms with Crippen LogP contribution in [-0.2, 0) is 16.1 Å². The summed E-state index contributed by atoms with van der Waals surface area (Å²) >= 11 is 1.50. The molecule has 40 heavy (non-hydrogen) atoms. The predicted molar refractivity (Wildman–Crippen MR) is 154 cm³/mol. The van der Waals surface area contributed by atoms with Crippen molar-refractivity contribution in [3.05, 3.63) is 40.9 Å². The van der Waals surface area contributed by atoms with Crippen LogP contribution in [0.2, 0.25) is 0 Å². The molecule has 1 aliphatic rings. The number of hydrogen-bond acceptors (Lipinski definition) is 9. The van der Waals surface area contributed by atoms with Gasteiger partial charge in [-0.05, 0) is 57.4 Å². The second-order valence-corrected chi connectivity index (χ2v) is 12.0. The second kappa shape index (κ2) is 14.1. The maximum atomic E-state index is 12.8. The van der Waals surface area contributed by atoms with Crippen LogP contribution in [0.3, 0.4) is 0 Å². The number of carbonyl (C=O) groups excluding carboxylic acids is 3. The summed E-state index contributed by atoms with van der Waals surface area (Å²) in [5.41, 5.74) is 1.66. The molecule has 12 heteroatoms. The maximum absolute atomic E-state index is 12.8. The van der Waals surface area contributed by atoms with E-state index in [1.54, 1.807) is 29.2 Å². The number of thiazole rings is 1. The molecule has 11 nitrogen and oxygen atoms in total. The van der Waals surface area contributed by atoms with Crippen LogP contribution in [0.25, 0.3) is 0 Å². The molecule has 0 aliphatic carbocycles. The number of piperazine rings is 1. The van der Waals surface area contributed by atoms with Crippen molar-refractivity contribution < 1.29 is 19.1 Å². The number of hydrogen-bond donors (Lipinski definition) is 3. The van der Waals surface area contributed by atoms with E-state index in [1.807, 2.05) is 46.1 Å². The van der Waals surface area contributed by atoms with E-state index in [1.165, 1.54) is 11.3 Å². The van der Waals surface area contributed by atoms with E-state index in [2.05, 4.69) is 25.8 Å². The summed E-state index contributed by atoms with van der Waals surface area (Å²) in [7, 11) is 0. The van der Waals surface area contributed by atoms with Gasteiger partial charge in [-0.1, -0.05) is 13.8 Å². The number of nitrogens with one attached hydrogen (secondary N) is 3. The Balaban J connectivity index is 1.50. The van der Waals surface area contributed by atoms with Crippen LogP contribution in [0.15, 0.2) is 29.6 Å². The fourth-order valence-corrected chi connectivity index (χ4v) is 4.83. The number of nitrogens with zero attached hydrogens (tertiary/aromatic N) is 4. The molecule has 1 aromatic heterocycles. The van der Waals surface area contributed by atoms with E-state index < -0.39 is 11.6 Å². The summed E-state index contributed by atoms with van der Waals surface area (Å²) in [5.74, 6) is -0.534. The molecule has 2 aromatic rings. The minimum Gasteiger partial charge on any atom is -0.444 e. The van der Waals surface area contributed by atoms with Gasteiger partial charge in [0.15, 0.2) is 5.13 Å². The van der Waals surface area contributed by atoms with Gasteiger partial charge in [-0.2, -0.15) is 5.26 Å². The summed E-state index contributed by atoms with van der Waals surface area (Å²) in [6.07, 6.45) is 0.196. The Kier molecular flexibility index (Phi) is 10.9. The molecule has 2 heterocycles. The molecule has 1 atom stereocenters. The molecule has 0 unspecified atom stereocenters. The van der Waals surface area contributed by atoms with E-state index in [9.17, 15) is 14.4 Å². The Labute approximate surface area is 239 Å². The van der Waals surface area contributed by atoms with Crippen molar-refractivity contribution in [2.75, 3.05) is 38.0 Å². The summed E-state index contributed by atoms with van der Waals surface area (Å²) < 4.78 is 5.47. The summed E-state index contributed by atoms with van der Waals surface area (Å²) in [6.45, 7) is 12.9. The lowest BCUT2D eigenvalue weighted by atomic mass is 10.0. The van der Waals surface area contributed by atoms with Crippen LogP contribution in [0.5, 0.6) is 0 Å². The molecular formula is C28H39N7O4S. The first-order valence-electron chi connectivity index (χ1n) is 13.4. The van der Waals surface area contributed by atoms with Gasteiger partial charge in [-0.15, -0.1) is 11.3 Å². The fraction of sp³-hybridized carbons (Fsp3) is 0.536. The van der Waals surface area contributed by atoms with Crippen molar-refractivity contribution in [1.82, 2.24) is 25.4 Å². The van der Waals surface area contributed by atoms with Gasteiger partial charge in [0.05, 0.1) is 11.8 Å². The number of nitriles is 1. The molecule has 1 aliphatic heterocycles. The van der Waals surface area contributed by atoms with Crippen molar-refractivity contribution in [3.63, 3.8) is 0 Å². The van der Waals surface area contributed by atoms with Gasteiger partial charge in [0.2, 0.25) is 5.91 Å². The van der Waals surface area contributed by atoms with Crippen LogP contribution in [-0.4, -0.2) is 77.1 Å². The number of anilines is 2. The predicted octanol–water partition coefficient (Wildman–Crippen LogP) is 3.72. The number of carbonyl (C=O) groups is 3. The summed E-state index contributed by atoms with van der Waals surface area (Å²) in [4.78, 5) is 46.1. The van der Waals surface area contributed by atoms with Gasteiger partial charge >= 0.3 is 6.09 Å². The lowest BCUT2D eigenvalue weighted by molar-refractivity contribution is -0.123. The van der Waals surface area contributed by atoms with Crippen molar-refractivity contribution in [3.8, 4) is 6.07 Å². The molecule has 3 amide bonds. The number of aromatic nitrogens is 1. The van der Waals surface area contributed by atoms with E-state index in [-0.39, 0.29) is 30.4 Å². The van der Waals surface area contributed by atoms with Crippen molar-refractivity contribution >= 4 is 40.1 Å². The topological polar surface area (TPSA) is 140 Å². The minimum absolute atomic E-state index is 0.104. The zero-order valence-electron chi connectivity index (χ0n) is 23.8. The molecule has 216 valence electrons. The zero-order chi connectivity index (χ0) is 29.3. The highest BCUT2D eigenvalue weighted by molar-refractivity contribution is 7.13. The lowest BCUT2D eigenvalue weighted by Gasteiger charge is -2.35. The van der Waals surface area contributed by atoms with E-state index in [4.69, 9.17) is 10.00 Å². The van der Waals surface area contributed by atoms with Gasteiger partial charge in [0.25, 0.3) is 5.91 Å². The Morgan fingerprint density at radius 1 is 1.12 bits per heavy atom. The number of rotatable bonds is 10. The van der Waals surface area contributed by atoms with Crippen LogP contribution >= 0.6 is 11.3 Å². The highest BCUT2D eigenvalue weighted by atomic mass is 32.1. The second-order valence-electron chi connectivity index (χ2n) is 11.1. The standard InChI is InChI=1S/C28H39N7O4S/c1-19(2)16-23(25(37)30-11-10-29)33-24(36)20-6-8-21(9-7-20)31-26-32-22(18-40-26)17-34-12-14-35(15-13-34)27(38)39-28(3,4)5/h6-9,18-19,23H,11-17H2,1-5H3,(H,30,37)(H,31,32)(H,33,36)/t23-/m0/s1. The average molecular weight is 570 g/mol. The third-order valence-corrected chi connectivity index (χ3v) is 6.84. The van der Waals surface area contributed by atoms with Crippen molar-refractivity contribution in [2.45, 2.75) is 59.2 Å². The van der Waals surface area contributed by atoms with Crippen LogP contribution in [0, 0.1) is 17.2 Å². The number of amides is 3. The molecule has 1 fully saturated rings. The lowest BCUT2D eigenvalue weighted by Crippen LogP contribution is -2.49. The monoisotopic (exact) mass is 569 g/mol. The Bertz CT molecular complexity index is 1190. The first kappa shape index (κ1) is 30.8. The summed E-state index contributed by atoms with van der Waals surface area (Å²) in [5, 5.41) is 20.0. The molecule has 0 spiro atoms. The molecule has 0 radical (unpaired) electrons. The smallest absolute Gasteiger partial charge is 0.410 e. The minimum atomic E-state index is -0.715.